The lowest BCUT2D eigenvalue weighted by Gasteiger charge is -2.10. The highest BCUT2D eigenvalue weighted by Crippen LogP contribution is 2.28. The van der Waals surface area contributed by atoms with Crippen molar-refractivity contribution in [1.29, 1.82) is 0 Å². The van der Waals surface area contributed by atoms with E-state index in [0.29, 0.717) is 15.7 Å². The number of anilines is 1. The summed E-state index contributed by atoms with van der Waals surface area (Å²) >= 11 is 13.2. The Morgan fingerprint density at radius 1 is 1.12 bits per heavy atom. The molecule has 2 aromatic carbocycles. The van der Waals surface area contributed by atoms with Crippen LogP contribution in [0.15, 0.2) is 58.2 Å². The number of rotatable bonds is 4. The molecule has 1 aromatic heterocycles. The van der Waals surface area contributed by atoms with Gasteiger partial charge in [-0.2, -0.15) is 0 Å². The van der Waals surface area contributed by atoms with E-state index in [1.807, 2.05) is 6.07 Å². The predicted octanol–water partition coefficient (Wildman–Crippen LogP) is 4.58. The third-order valence-electron chi connectivity index (χ3n) is 3.64. The maximum absolute atomic E-state index is 12.2. The van der Waals surface area contributed by atoms with Gasteiger partial charge in [-0.05, 0) is 30.3 Å². The highest BCUT2D eigenvalue weighted by molar-refractivity contribution is 8.00. The number of fused-ring (bicyclic) bond motifs is 1. The highest BCUT2D eigenvalue weighted by Gasteiger charge is 2.10. The smallest absolute Gasteiger partial charge is 0.251 e. The summed E-state index contributed by atoms with van der Waals surface area (Å²) in [6.07, 6.45) is 0. The molecular formula is C18H14Cl2N2O2S. The summed E-state index contributed by atoms with van der Waals surface area (Å²) in [6.45, 7) is 0. The van der Waals surface area contributed by atoms with Gasteiger partial charge in [0.25, 0.3) is 5.56 Å². The van der Waals surface area contributed by atoms with E-state index in [1.165, 1.54) is 22.4 Å². The highest BCUT2D eigenvalue weighted by atomic mass is 35.5. The number of aryl methyl sites for hydroxylation is 1. The first-order valence-electron chi connectivity index (χ1n) is 7.41. The molecule has 0 atom stereocenters. The van der Waals surface area contributed by atoms with Gasteiger partial charge in [0.15, 0.2) is 0 Å². The fourth-order valence-corrected chi connectivity index (χ4v) is 3.65. The third-order valence-corrected chi connectivity index (χ3v) is 5.16. The zero-order valence-electron chi connectivity index (χ0n) is 13.3. The third kappa shape index (κ3) is 4.18. The lowest BCUT2D eigenvalue weighted by atomic mass is 10.2. The van der Waals surface area contributed by atoms with Crippen LogP contribution < -0.4 is 10.9 Å². The number of aromatic nitrogens is 1. The Bertz CT molecular complexity index is 1020. The summed E-state index contributed by atoms with van der Waals surface area (Å²) in [5.74, 6) is 0.00674. The molecule has 3 rings (SSSR count). The van der Waals surface area contributed by atoms with E-state index in [-0.39, 0.29) is 17.2 Å². The predicted molar refractivity (Wildman–Crippen MR) is 105 cm³/mol. The van der Waals surface area contributed by atoms with Crippen molar-refractivity contribution in [3.63, 3.8) is 0 Å². The summed E-state index contributed by atoms with van der Waals surface area (Å²) in [4.78, 5) is 25.0. The maximum Gasteiger partial charge on any atom is 0.251 e. The van der Waals surface area contributed by atoms with E-state index in [1.54, 1.807) is 43.4 Å². The number of carbonyl (C=O) groups excluding carboxylic acids is 1. The van der Waals surface area contributed by atoms with Crippen molar-refractivity contribution in [2.24, 2.45) is 7.05 Å². The van der Waals surface area contributed by atoms with Crippen LogP contribution >= 0.6 is 35.0 Å². The molecular weight excluding hydrogens is 379 g/mol. The number of nitrogens with one attached hydrogen (secondary N) is 1. The van der Waals surface area contributed by atoms with Crippen molar-refractivity contribution in [3.05, 3.63) is 68.9 Å². The number of hydrogen-bond acceptors (Lipinski definition) is 3. The first-order chi connectivity index (χ1) is 11.9. The molecule has 1 N–H and O–H groups in total. The largest absolute Gasteiger partial charge is 0.325 e. The topological polar surface area (TPSA) is 51.1 Å². The van der Waals surface area contributed by atoms with Crippen LogP contribution in [-0.2, 0) is 11.8 Å². The zero-order chi connectivity index (χ0) is 18.0. The second kappa shape index (κ2) is 7.52. The molecule has 1 amide bonds. The molecule has 0 bridgehead atoms. The Kier molecular flexibility index (Phi) is 5.37. The molecule has 0 spiro atoms. The first-order valence-corrected chi connectivity index (χ1v) is 9.16. The van der Waals surface area contributed by atoms with Crippen molar-refractivity contribution >= 4 is 57.5 Å². The molecule has 0 aliphatic heterocycles. The molecule has 128 valence electrons. The SMILES string of the molecule is Cn1c(=O)cc(SCC(=O)Nc2cccc(Cl)c2)c2ccc(Cl)cc21. The van der Waals surface area contributed by atoms with Gasteiger partial charge < -0.3 is 9.88 Å². The number of halogens is 2. The number of pyridine rings is 1. The fourth-order valence-electron chi connectivity index (χ4n) is 2.42. The minimum atomic E-state index is -0.171. The molecule has 7 heteroatoms. The summed E-state index contributed by atoms with van der Waals surface area (Å²) in [5, 5.41) is 4.78. The lowest BCUT2D eigenvalue weighted by Crippen LogP contribution is -2.17. The van der Waals surface area contributed by atoms with Gasteiger partial charge in [0.05, 0.1) is 11.3 Å². The van der Waals surface area contributed by atoms with Gasteiger partial charge in [0.2, 0.25) is 5.91 Å². The zero-order valence-corrected chi connectivity index (χ0v) is 15.6. The number of amides is 1. The van der Waals surface area contributed by atoms with Gasteiger partial charge in [0.1, 0.15) is 0 Å². The molecule has 25 heavy (non-hydrogen) atoms. The Balaban J connectivity index is 1.80. The lowest BCUT2D eigenvalue weighted by molar-refractivity contribution is -0.113. The van der Waals surface area contributed by atoms with Crippen LogP contribution in [0.4, 0.5) is 5.69 Å². The summed E-state index contributed by atoms with van der Waals surface area (Å²) in [7, 11) is 1.70. The van der Waals surface area contributed by atoms with Gasteiger partial charge in [-0.1, -0.05) is 35.3 Å². The second-order valence-corrected chi connectivity index (χ2v) is 7.30. The van der Waals surface area contributed by atoms with E-state index in [9.17, 15) is 9.59 Å². The van der Waals surface area contributed by atoms with Crippen LogP contribution in [0.3, 0.4) is 0 Å². The minimum absolute atomic E-state index is 0.146. The fraction of sp³-hybridized carbons (Fsp3) is 0.111. The van der Waals surface area contributed by atoms with Crippen molar-refractivity contribution < 1.29 is 4.79 Å². The normalized spacial score (nSPS) is 10.8. The Morgan fingerprint density at radius 2 is 1.88 bits per heavy atom. The number of hydrogen-bond donors (Lipinski definition) is 1. The molecule has 0 aliphatic carbocycles. The van der Waals surface area contributed by atoms with Crippen LogP contribution in [0.25, 0.3) is 10.9 Å². The Labute approximate surface area is 158 Å². The molecule has 4 nitrogen and oxygen atoms in total. The van der Waals surface area contributed by atoms with Crippen LogP contribution in [0.2, 0.25) is 10.0 Å². The Hall–Kier alpha value is -1.95. The monoisotopic (exact) mass is 392 g/mol. The molecule has 0 radical (unpaired) electrons. The molecule has 0 saturated carbocycles. The van der Waals surface area contributed by atoms with Crippen LogP contribution in [0, 0.1) is 0 Å². The summed E-state index contributed by atoms with van der Waals surface area (Å²) in [5.41, 5.74) is 1.23. The molecule has 0 unspecified atom stereocenters. The number of nitrogens with zero attached hydrogens (tertiary/aromatic N) is 1. The number of thioether (sulfide) groups is 1. The van der Waals surface area contributed by atoms with E-state index in [0.717, 1.165) is 15.8 Å². The van der Waals surface area contributed by atoms with Crippen molar-refractivity contribution in [2.45, 2.75) is 4.90 Å². The second-order valence-electron chi connectivity index (χ2n) is 5.41. The summed E-state index contributed by atoms with van der Waals surface area (Å²) < 4.78 is 1.54. The number of carbonyl (C=O) groups is 1. The van der Waals surface area contributed by atoms with Gasteiger partial charge in [-0.25, -0.2) is 0 Å². The quantitative estimate of drug-likeness (QED) is 0.661. The van der Waals surface area contributed by atoms with Crippen molar-refractivity contribution in [3.8, 4) is 0 Å². The van der Waals surface area contributed by atoms with E-state index in [4.69, 9.17) is 23.2 Å². The van der Waals surface area contributed by atoms with Crippen LogP contribution in [0.5, 0.6) is 0 Å². The Morgan fingerprint density at radius 3 is 2.64 bits per heavy atom. The van der Waals surface area contributed by atoms with Gasteiger partial charge >= 0.3 is 0 Å². The van der Waals surface area contributed by atoms with Crippen molar-refractivity contribution in [2.75, 3.05) is 11.1 Å². The summed E-state index contributed by atoms with van der Waals surface area (Å²) in [6, 6.07) is 13.9. The van der Waals surface area contributed by atoms with Gasteiger partial charge in [0, 0.05) is 39.1 Å². The van der Waals surface area contributed by atoms with Crippen LogP contribution in [0.1, 0.15) is 0 Å². The van der Waals surface area contributed by atoms with Crippen molar-refractivity contribution in [1.82, 2.24) is 4.57 Å². The molecule has 1 heterocycles. The minimum Gasteiger partial charge on any atom is -0.325 e. The molecule has 0 saturated heterocycles. The van der Waals surface area contributed by atoms with Gasteiger partial charge in [-0.15, -0.1) is 11.8 Å². The molecule has 0 aliphatic rings. The standard InChI is InChI=1S/C18H14Cl2N2O2S/c1-22-15-8-12(20)5-6-14(15)16(9-18(22)24)25-10-17(23)21-13-4-2-3-11(19)7-13/h2-9H,10H2,1H3,(H,21,23). The van der Waals surface area contributed by atoms with Gasteiger partial charge in [-0.3, -0.25) is 9.59 Å². The van der Waals surface area contributed by atoms with E-state index >= 15 is 0 Å². The van der Waals surface area contributed by atoms with E-state index in [2.05, 4.69) is 5.32 Å². The van der Waals surface area contributed by atoms with E-state index < -0.39 is 0 Å². The number of benzene rings is 2. The average molecular weight is 393 g/mol. The molecule has 0 fully saturated rings. The average Bonchev–Trinajstić information content (AvgIpc) is 2.57. The van der Waals surface area contributed by atoms with Crippen LogP contribution in [-0.4, -0.2) is 16.2 Å². The maximum atomic E-state index is 12.2. The molecule has 3 aromatic rings. The first kappa shape index (κ1) is 17.9.